The molecule has 4 unspecified atom stereocenters. The molecular weight excluding hydrogens is 480 g/mol. The number of nitrogens with two attached hydrogens (primary N) is 4. The summed E-state index contributed by atoms with van der Waals surface area (Å²) in [4.78, 5) is 71.1. The van der Waals surface area contributed by atoms with Gasteiger partial charge in [0.05, 0.1) is 19.4 Å². The number of aliphatic carboxylic acids is 1. The Morgan fingerprint density at radius 2 is 1.61 bits per heavy atom. The van der Waals surface area contributed by atoms with Crippen LogP contribution in [-0.4, -0.2) is 93.1 Å². The van der Waals surface area contributed by atoms with E-state index < -0.39 is 66.8 Å². The predicted octanol–water partition coefficient (Wildman–Crippen LogP) is -5.26. The summed E-state index contributed by atoms with van der Waals surface area (Å²) in [7, 11) is 0. The van der Waals surface area contributed by atoms with Crippen molar-refractivity contribution in [2.75, 3.05) is 13.2 Å². The number of carbonyl (C=O) groups is 5. The third-order valence-corrected chi connectivity index (χ3v) is 4.74. The van der Waals surface area contributed by atoms with Gasteiger partial charge in [-0.05, 0) is 12.8 Å². The second-order valence-corrected chi connectivity index (χ2v) is 7.71. The molecule has 36 heavy (non-hydrogen) atoms. The van der Waals surface area contributed by atoms with Crippen LogP contribution < -0.4 is 38.9 Å². The average molecular weight is 513 g/mol. The van der Waals surface area contributed by atoms with Gasteiger partial charge in [-0.3, -0.25) is 24.2 Å². The second kappa shape index (κ2) is 14.9. The summed E-state index contributed by atoms with van der Waals surface area (Å²) in [5.74, 6) is -5.20. The minimum atomic E-state index is -1.63. The Kier molecular flexibility index (Phi) is 12.3. The number of carboxylic acids is 1. The number of amides is 4. The number of nitrogens with one attached hydrogen (secondary N) is 4. The third kappa shape index (κ3) is 10.8. The SMILES string of the molecule is NC(=O)CC(NC(=O)C(CCCN=C(N)N)NC(=O)C(Cc1cnc[nH]1)NC(=O)C(N)CO)C(=O)O. The van der Waals surface area contributed by atoms with Crippen LogP contribution in [0.4, 0.5) is 0 Å². The van der Waals surface area contributed by atoms with Crippen LogP contribution >= 0.6 is 0 Å². The summed E-state index contributed by atoms with van der Waals surface area (Å²) in [6.45, 7) is -0.568. The smallest absolute Gasteiger partial charge is 0.326 e. The van der Waals surface area contributed by atoms with Crippen LogP contribution in [0.3, 0.4) is 0 Å². The number of hydrogen-bond donors (Lipinski definition) is 10. The van der Waals surface area contributed by atoms with Gasteiger partial charge in [0.2, 0.25) is 23.6 Å². The number of carboxylic acid groups (broad SMARTS) is 1. The highest BCUT2D eigenvalue weighted by Gasteiger charge is 2.31. The van der Waals surface area contributed by atoms with Gasteiger partial charge in [0.1, 0.15) is 24.2 Å². The van der Waals surface area contributed by atoms with Gasteiger partial charge in [-0.2, -0.15) is 0 Å². The zero-order valence-electron chi connectivity index (χ0n) is 19.3. The van der Waals surface area contributed by atoms with Gasteiger partial charge in [0.15, 0.2) is 5.96 Å². The highest BCUT2D eigenvalue weighted by atomic mass is 16.4. The molecule has 4 amide bonds. The lowest BCUT2D eigenvalue weighted by atomic mass is 10.1. The molecule has 0 spiro atoms. The lowest BCUT2D eigenvalue weighted by Gasteiger charge is -2.24. The van der Waals surface area contributed by atoms with Crippen molar-refractivity contribution < 1.29 is 34.2 Å². The maximum atomic E-state index is 13.1. The summed E-state index contributed by atoms with van der Waals surface area (Å²) in [6.07, 6.45) is 2.20. The number of hydrogen-bond acceptors (Lipinski definition) is 9. The van der Waals surface area contributed by atoms with Gasteiger partial charge >= 0.3 is 5.97 Å². The standard InChI is InChI=1S/C19H32N10O7/c20-10(7-30)15(32)28-12(4-9-6-24-8-26-9)17(34)27-11(2-1-3-25-19(22)23)16(33)29-13(18(35)36)5-14(21)31/h6,8,10-13,30H,1-5,7,20H2,(H2,21,31)(H,24,26)(H,27,34)(H,28,32)(H,29,33)(H,35,36)(H4,22,23,25). The highest BCUT2D eigenvalue weighted by molar-refractivity contribution is 5.95. The minimum Gasteiger partial charge on any atom is -0.480 e. The molecule has 0 aromatic carbocycles. The van der Waals surface area contributed by atoms with Gasteiger partial charge in [-0.1, -0.05) is 0 Å². The molecule has 0 aliphatic rings. The molecule has 1 aromatic heterocycles. The third-order valence-electron chi connectivity index (χ3n) is 4.74. The molecule has 0 aliphatic carbocycles. The summed E-state index contributed by atoms with van der Waals surface area (Å²) in [5, 5.41) is 25.4. The van der Waals surface area contributed by atoms with Gasteiger partial charge in [-0.15, -0.1) is 0 Å². The number of aromatic nitrogens is 2. The van der Waals surface area contributed by atoms with E-state index in [9.17, 15) is 29.1 Å². The van der Waals surface area contributed by atoms with E-state index in [-0.39, 0.29) is 31.8 Å². The van der Waals surface area contributed by atoms with Gasteiger partial charge in [0.25, 0.3) is 0 Å². The molecule has 4 atom stereocenters. The van der Waals surface area contributed by atoms with Crippen LogP contribution in [-0.2, 0) is 30.4 Å². The molecule has 0 saturated carbocycles. The zero-order valence-corrected chi connectivity index (χ0v) is 19.3. The van der Waals surface area contributed by atoms with Crippen molar-refractivity contribution in [2.45, 2.75) is 49.9 Å². The molecule has 14 N–H and O–H groups in total. The van der Waals surface area contributed by atoms with Crippen molar-refractivity contribution in [1.82, 2.24) is 25.9 Å². The van der Waals surface area contributed by atoms with E-state index in [1.54, 1.807) is 0 Å². The van der Waals surface area contributed by atoms with Crippen molar-refractivity contribution >= 4 is 35.6 Å². The van der Waals surface area contributed by atoms with Crippen LogP contribution in [0.1, 0.15) is 25.0 Å². The van der Waals surface area contributed by atoms with Crippen LogP contribution in [0.25, 0.3) is 0 Å². The highest BCUT2D eigenvalue weighted by Crippen LogP contribution is 2.05. The number of aliphatic hydroxyl groups is 1. The normalized spacial score (nSPS) is 13.9. The Morgan fingerprint density at radius 3 is 2.14 bits per heavy atom. The summed E-state index contributed by atoms with van der Waals surface area (Å²) >= 11 is 0. The first-order valence-corrected chi connectivity index (χ1v) is 10.8. The average Bonchev–Trinajstić information content (AvgIpc) is 3.31. The topological polar surface area (TPSA) is 307 Å². The number of aromatic amines is 1. The number of aliphatic hydroxyl groups excluding tert-OH is 1. The number of aliphatic imine (C=N–C) groups is 1. The molecule has 0 bridgehead atoms. The van der Waals surface area contributed by atoms with E-state index >= 15 is 0 Å². The number of primary amides is 1. The molecule has 1 rings (SSSR count). The van der Waals surface area contributed by atoms with E-state index in [0.717, 1.165) is 0 Å². The summed E-state index contributed by atoms with van der Waals surface area (Å²) < 4.78 is 0. The van der Waals surface area contributed by atoms with Crippen LogP contribution in [0.5, 0.6) is 0 Å². The van der Waals surface area contributed by atoms with Gasteiger partial charge < -0.3 is 54.1 Å². The van der Waals surface area contributed by atoms with Gasteiger partial charge in [-0.25, -0.2) is 9.78 Å². The van der Waals surface area contributed by atoms with Crippen molar-refractivity contribution in [2.24, 2.45) is 27.9 Å². The van der Waals surface area contributed by atoms with Crippen molar-refractivity contribution in [3.63, 3.8) is 0 Å². The first-order chi connectivity index (χ1) is 16.9. The quantitative estimate of drug-likeness (QED) is 0.0566. The summed E-state index contributed by atoms with van der Waals surface area (Å²) in [6, 6.07) is -5.47. The maximum Gasteiger partial charge on any atom is 0.326 e. The molecule has 200 valence electrons. The van der Waals surface area contributed by atoms with Crippen molar-refractivity contribution in [3.05, 3.63) is 18.2 Å². The Labute approximate surface area is 205 Å². The van der Waals surface area contributed by atoms with E-state index in [4.69, 9.17) is 28.0 Å². The van der Waals surface area contributed by atoms with Crippen molar-refractivity contribution in [3.8, 4) is 0 Å². The molecule has 17 heteroatoms. The monoisotopic (exact) mass is 512 g/mol. The minimum absolute atomic E-state index is 0.0296. The largest absolute Gasteiger partial charge is 0.480 e. The van der Waals surface area contributed by atoms with Crippen LogP contribution in [0, 0.1) is 0 Å². The first-order valence-electron chi connectivity index (χ1n) is 10.8. The van der Waals surface area contributed by atoms with E-state index in [1.807, 2.05) is 0 Å². The Balaban J connectivity index is 3.08. The Hall–Kier alpha value is -4.25. The molecule has 1 heterocycles. The maximum absolute atomic E-state index is 13.1. The lowest BCUT2D eigenvalue weighted by molar-refractivity contribution is -0.143. The molecule has 17 nitrogen and oxygen atoms in total. The van der Waals surface area contributed by atoms with Crippen LogP contribution in [0.15, 0.2) is 17.5 Å². The van der Waals surface area contributed by atoms with E-state index in [1.165, 1.54) is 12.5 Å². The van der Waals surface area contributed by atoms with E-state index in [0.29, 0.717) is 5.69 Å². The zero-order chi connectivity index (χ0) is 27.3. The summed E-state index contributed by atoms with van der Waals surface area (Å²) in [5.41, 5.74) is 21.6. The first kappa shape index (κ1) is 29.8. The number of rotatable bonds is 16. The number of carbonyl (C=O) groups excluding carboxylic acids is 4. The lowest BCUT2D eigenvalue weighted by Crippen LogP contribution is -2.58. The number of guanidine groups is 1. The molecule has 0 saturated heterocycles. The van der Waals surface area contributed by atoms with E-state index in [2.05, 4.69) is 30.9 Å². The molecule has 0 fully saturated rings. The molecule has 0 radical (unpaired) electrons. The van der Waals surface area contributed by atoms with Crippen LogP contribution in [0.2, 0.25) is 0 Å². The Bertz CT molecular complexity index is 933. The van der Waals surface area contributed by atoms with Crippen molar-refractivity contribution in [1.29, 1.82) is 0 Å². The Morgan fingerprint density at radius 1 is 1.00 bits per heavy atom. The fourth-order valence-electron chi connectivity index (χ4n) is 2.91. The number of nitrogens with zero attached hydrogens (tertiary/aromatic N) is 2. The number of imidazole rings is 1. The fraction of sp³-hybridized carbons (Fsp3) is 0.526. The molecular formula is C19H32N10O7. The molecule has 0 aliphatic heterocycles. The second-order valence-electron chi connectivity index (χ2n) is 7.71. The predicted molar refractivity (Wildman–Crippen MR) is 125 cm³/mol. The molecule has 1 aromatic rings. The van der Waals surface area contributed by atoms with Gasteiger partial charge in [0, 0.05) is 24.9 Å². The fourth-order valence-corrected chi connectivity index (χ4v) is 2.91. The number of H-pyrrole nitrogens is 1.